The number of hydrogen-bond acceptors (Lipinski definition) is 14. The normalized spacial score (nSPS) is 15.8. The van der Waals surface area contributed by atoms with Crippen molar-refractivity contribution < 1.29 is 28.8 Å². The van der Waals surface area contributed by atoms with Gasteiger partial charge in [-0.05, 0) is 37.1 Å². The maximum Gasteiger partial charge on any atom is 0.267 e. The van der Waals surface area contributed by atoms with Crippen LogP contribution in [0.5, 0.6) is 0 Å². The Balaban J connectivity index is 0.873. The molecule has 2 aliphatic rings. The fourth-order valence-corrected chi connectivity index (χ4v) is 9.13. The quantitative estimate of drug-likeness (QED) is 0.0466. The van der Waals surface area contributed by atoms with Crippen molar-refractivity contribution in [2.24, 2.45) is 0 Å². The van der Waals surface area contributed by atoms with E-state index < -0.39 is 35.4 Å². The number of thiocarbonyl (C=S) groups is 2. The van der Waals surface area contributed by atoms with Gasteiger partial charge in [-0.15, -0.1) is 0 Å². The Labute approximate surface area is 334 Å². The van der Waals surface area contributed by atoms with Gasteiger partial charge < -0.3 is 9.97 Å². The van der Waals surface area contributed by atoms with E-state index in [1.807, 2.05) is 48.5 Å². The molecule has 0 radical (unpaired) electrons. The first-order valence-corrected chi connectivity index (χ1v) is 20.6. The van der Waals surface area contributed by atoms with Gasteiger partial charge in [0.15, 0.2) is 10.3 Å². The van der Waals surface area contributed by atoms with Crippen LogP contribution in [-0.2, 0) is 28.8 Å². The van der Waals surface area contributed by atoms with E-state index in [-0.39, 0.29) is 68.7 Å². The lowest BCUT2D eigenvalue weighted by Gasteiger charge is -2.15. The first kappa shape index (κ1) is 39.2. The summed E-state index contributed by atoms with van der Waals surface area (Å²) in [5.41, 5.74) is 12.8. The van der Waals surface area contributed by atoms with E-state index in [2.05, 4.69) is 41.6 Å². The number of imidazole rings is 2. The molecule has 6 amide bonds. The van der Waals surface area contributed by atoms with Gasteiger partial charge in [-0.3, -0.25) is 60.3 Å². The molecule has 2 fully saturated rings. The largest absolute Gasteiger partial charge is 0.333 e. The van der Waals surface area contributed by atoms with Crippen LogP contribution in [0.15, 0.2) is 68.7 Å². The molecule has 0 unspecified atom stereocenters. The smallest absolute Gasteiger partial charge is 0.267 e. The minimum atomic E-state index is -0.463. The number of carbonyl (C=O) groups is 6. The predicted molar refractivity (Wildman–Crippen MR) is 216 cm³/mol. The summed E-state index contributed by atoms with van der Waals surface area (Å²) >= 11 is 15.2. The molecule has 2 saturated heterocycles. The van der Waals surface area contributed by atoms with Gasteiger partial charge in [0.1, 0.15) is 8.64 Å². The van der Waals surface area contributed by atoms with Crippen LogP contribution in [0.2, 0.25) is 0 Å². The molecule has 4 aromatic rings. The summed E-state index contributed by atoms with van der Waals surface area (Å²) in [6, 6.07) is 15.0. The summed E-state index contributed by atoms with van der Waals surface area (Å²) in [6.45, 7) is 0.254. The number of rotatable bonds is 14. The van der Waals surface area contributed by atoms with Crippen molar-refractivity contribution in [2.45, 2.75) is 36.0 Å². The second-order valence-corrected chi connectivity index (χ2v) is 16.6. The highest BCUT2D eigenvalue weighted by molar-refractivity contribution is 8.29. The summed E-state index contributed by atoms with van der Waals surface area (Å²) in [4.78, 5) is 93.6. The zero-order valence-electron chi connectivity index (χ0n) is 28.0. The Morgan fingerprint density at radius 3 is 1.43 bits per heavy atom. The highest BCUT2D eigenvalue weighted by Crippen LogP contribution is 2.42. The number of benzene rings is 2. The minimum absolute atomic E-state index is 0.00418. The van der Waals surface area contributed by atoms with Gasteiger partial charge in [-0.2, -0.15) is 0 Å². The van der Waals surface area contributed by atoms with Gasteiger partial charge in [0.05, 0.1) is 43.4 Å². The van der Waals surface area contributed by atoms with E-state index in [1.54, 1.807) is 0 Å². The standard InChI is InChI=1S/C32H30N10O6S6/c43-21(37-39-23(45)15-51-29-33-17-7-1-2-8-18(17)34-29)11-5-13-41-27(47)25(53-31(41)49)26-28(48)42(32(50)54-26)14-6-12-22(44)38-40-24(46)16-52-30-35-19-9-3-4-10-20(19)36-30/h1-4,7-10H,5-6,11-16H2,(H,33,34)(H,35,36)(H,37,43)(H,38,44)(H,39,45)(H,40,46). The monoisotopic (exact) mass is 842 g/mol. The lowest BCUT2D eigenvalue weighted by atomic mass is 10.2. The molecule has 0 spiro atoms. The van der Waals surface area contributed by atoms with Gasteiger partial charge >= 0.3 is 0 Å². The Hall–Kier alpha value is -4.48. The third-order valence-corrected chi connectivity index (χ3v) is 12.3. The third kappa shape index (κ3) is 9.98. The van der Waals surface area contributed by atoms with Crippen LogP contribution in [0.25, 0.3) is 22.1 Å². The maximum absolute atomic E-state index is 13.3. The maximum atomic E-state index is 13.3. The number of nitrogens with zero attached hydrogens (tertiary/aromatic N) is 4. The number of H-pyrrole nitrogens is 2. The number of para-hydroxylation sites is 4. The Morgan fingerprint density at radius 2 is 1.02 bits per heavy atom. The molecule has 0 bridgehead atoms. The van der Waals surface area contributed by atoms with Gasteiger partial charge in [0, 0.05) is 25.9 Å². The molecule has 2 aromatic heterocycles. The van der Waals surface area contributed by atoms with E-state index in [9.17, 15) is 28.8 Å². The summed E-state index contributed by atoms with van der Waals surface area (Å²) in [7, 11) is 0. The molecule has 54 heavy (non-hydrogen) atoms. The van der Waals surface area contributed by atoms with E-state index in [1.165, 1.54) is 33.3 Å². The summed E-state index contributed by atoms with van der Waals surface area (Å²) < 4.78 is 0.484. The molecule has 6 rings (SSSR count). The molecule has 280 valence electrons. The Kier molecular flexibility index (Phi) is 13.2. The number of nitrogens with one attached hydrogen (secondary N) is 6. The van der Waals surface area contributed by atoms with Gasteiger partial charge in [0.25, 0.3) is 11.8 Å². The first-order chi connectivity index (χ1) is 26.0. The number of aromatic nitrogens is 4. The number of hydrazine groups is 2. The summed E-state index contributed by atoms with van der Waals surface area (Å²) in [5, 5.41) is 1.16. The van der Waals surface area contributed by atoms with Crippen LogP contribution in [0.4, 0.5) is 0 Å². The van der Waals surface area contributed by atoms with E-state index in [0.717, 1.165) is 45.6 Å². The van der Waals surface area contributed by atoms with Gasteiger partial charge in [-0.1, -0.05) is 95.7 Å². The number of amides is 6. The highest BCUT2D eigenvalue weighted by Gasteiger charge is 2.41. The van der Waals surface area contributed by atoms with Crippen LogP contribution >= 0.6 is 71.5 Å². The van der Waals surface area contributed by atoms with Crippen molar-refractivity contribution in [3.8, 4) is 0 Å². The SMILES string of the molecule is O=C(CCCN1C(=O)C(=C2SC(=S)N(CCCC(=O)NNC(=O)CSc3nc4ccccc4[nH]3)C2=O)SC1=S)NNC(=O)CSc1nc2ccccc2[nH]1. The van der Waals surface area contributed by atoms with E-state index in [4.69, 9.17) is 24.4 Å². The summed E-state index contributed by atoms with van der Waals surface area (Å²) in [5.74, 6) is -2.59. The molecule has 0 aliphatic carbocycles. The lowest BCUT2D eigenvalue weighted by molar-refractivity contribution is -0.128. The average Bonchev–Trinajstić information content (AvgIpc) is 3.91. The van der Waals surface area contributed by atoms with Crippen molar-refractivity contribution in [2.75, 3.05) is 24.6 Å². The highest BCUT2D eigenvalue weighted by atomic mass is 32.2. The second kappa shape index (κ2) is 18.2. The molecule has 16 nitrogen and oxygen atoms in total. The van der Waals surface area contributed by atoms with E-state index >= 15 is 0 Å². The molecule has 22 heteroatoms. The molecule has 0 atom stereocenters. The molecule has 2 aromatic carbocycles. The lowest BCUT2D eigenvalue weighted by Crippen LogP contribution is -2.42. The van der Waals surface area contributed by atoms with Crippen LogP contribution in [0.1, 0.15) is 25.7 Å². The van der Waals surface area contributed by atoms with Crippen LogP contribution in [0, 0.1) is 0 Å². The molecular weight excluding hydrogens is 813 g/mol. The Morgan fingerprint density at radius 1 is 0.630 bits per heavy atom. The van der Waals surface area contributed by atoms with Crippen molar-refractivity contribution in [3.05, 3.63) is 58.3 Å². The number of hydrogen-bond donors (Lipinski definition) is 6. The summed E-state index contributed by atoms with van der Waals surface area (Å²) in [6.07, 6.45) is 0.506. The number of fused-ring (bicyclic) bond motifs is 2. The van der Waals surface area contributed by atoms with Crippen molar-refractivity contribution in [3.63, 3.8) is 0 Å². The van der Waals surface area contributed by atoms with E-state index in [0.29, 0.717) is 10.3 Å². The number of aromatic amines is 2. The molecule has 4 heterocycles. The van der Waals surface area contributed by atoms with Gasteiger partial charge in [0.2, 0.25) is 23.6 Å². The van der Waals surface area contributed by atoms with Crippen LogP contribution in [0.3, 0.4) is 0 Å². The number of carbonyl (C=O) groups excluding carboxylic acids is 6. The van der Waals surface area contributed by atoms with Crippen molar-refractivity contribution >= 4 is 138 Å². The number of thioether (sulfide) groups is 4. The van der Waals surface area contributed by atoms with Crippen molar-refractivity contribution in [1.82, 2.24) is 51.4 Å². The molecule has 6 N–H and O–H groups in total. The molecular formula is C32H30N10O6S6. The second-order valence-electron chi connectivity index (χ2n) is 11.4. The molecule has 0 saturated carbocycles. The fraction of sp³-hybridized carbons (Fsp3) is 0.250. The average molecular weight is 843 g/mol. The Bertz CT molecular complexity index is 1990. The molecule has 2 aliphatic heterocycles. The topological polar surface area (TPSA) is 214 Å². The van der Waals surface area contributed by atoms with Crippen LogP contribution < -0.4 is 21.7 Å². The fourth-order valence-electron chi connectivity index (χ4n) is 4.99. The predicted octanol–water partition coefficient (Wildman–Crippen LogP) is 3.11. The van der Waals surface area contributed by atoms with Crippen molar-refractivity contribution in [1.29, 1.82) is 0 Å². The van der Waals surface area contributed by atoms with Gasteiger partial charge in [-0.25, -0.2) is 9.97 Å². The minimum Gasteiger partial charge on any atom is -0.333 e. The first-order valence-electron chi connectivity index (χ1n) is 16.2. The van der Waals surface area contributed by atoms with Crippen LogP contribution in [-0.4, -0.2) is 98.4 Å². The zero-order valence-corrected chi connectivity index (χ0v) is 32.9. The third-order valence-electron chi connectivity index (χ3n) is 7.57. The zero-order chi connectivity index (χ0) is 38.2.